The van der Waals surface area contributed by atoms with Crippen LogP contribution in [0.3, 0.4) is 0 Å². The van der Waals surface area contributed by atoms with E-state index in [1.807, 2.05) is 0 Å². The molecule has 0 saturated carbocycles. The number of nitrogens with zero attached hydrogens (tertiary/aromatic N) is 1. The van der Waals surface area contributed by atoms with E-state index < -0.39 is 32.8 Å². The van der Waals surface area contributed by atoms with Gasteiger partial charge < -0.3 is 19.1 Å². The molecule has 2 aromatic rings. The van der Waals surface area contributed by atoms with Gasteiger partial charge in [-0.05, 0) is 42.3 Å². The standard InChI is InChI=1S/C22H22ClNO7S/c1-29-16-5-7-18(31-3)19(10-16)32(27,28)22-11-20(25)24(22)12-14(21(22)26)8-13-9-15(23)4-6-17(13)30-2/h4-7,9-10,14H,8,11-12H2,1-3H3. The minimum atomic E-state index is -4.31. The maximum atomic E-state index is 13.8. The lowest BCUT2D eigenvalue weighted by atomic mass is 9.92. The molecule has 10 heteroatoms. The summed E-state index contributed by atoms with van der Waals surface area (Å²) >= 11 is 6.10. The molecule has 2 saturated heterocycles. The summed E-state index contributed by atoms with van der Waals surface area (Å²) in [6, 6.07) is 9.36. The van der Waals surface area contributed by atoms with Crippen LogP contribution in [-0.2, 0) is 25.8 Å². The minimum absolute atomic E-state index is 0.00114. The van der Waals surface area contributed by atoms with E-state index in [-0.39, 0.29) is 29.5 Å². The van der Waals surface area contributed by atoms with Gasteiger partial charge in [-0.1, -0.05) is 11.6 Å². The molecule has 8 nitrogen and oxygen atoms in total. The van der Waals surface area contributed by atoms with Gasteiger partial charge in [0.05, 0.1) is 27.8 Å². The number of sulfone groups is 1. The summed E-state index contributed by atoms with van der Waals surface area (Å²) in [4.78, 5) is 25.0. The van der Waals surface area contributed by atoms with Crippen molar-refractivity contribution in [3.8, 4) is 17.2 Å². The Kier molecular flexibility index (Phi) is 5.58. The van der Waals surface area contributed by atoms with E-state index in [2.05, 4.69) is 0 Å². The van der Waals surface area contributed by atoms with E-state index in [0.717, 1.165) is 4.90 Å². The molecular formula is C22H22ClNO7S. The fourth-order valence-corrected chi connectivity index (χ4v) is 6.93. The second-order valence-corrected chi connectivity index (χ2v) is 10.3. The van der Waals surface area contributed by atoms with Crippen molar-refractivity contribution in [3.05, 3.63) is 47.0 Å². The summed E-state index contributed by atoms with van der Waals surface area (Å²) in [7, 11) is -0.0652. The third-order valence-electron chi connectivity index (χ3n) is 6.10. The Hall–Kier alpha value is -2.78. The molecule has 2 atom stereocenters. The molecule has 0 spiro atoms. The second kappa shape index (κ2) is 7.97. The van der Waals surface area contributed by atoms with Gasteiger partial charge in [-0.3, -0.25) is 9.59 Å². The molecule has 0 N–H and O–H groups in total. The van der Waals surface area contributed by atoms with Crippen LogP contribution in [0.2, 0.25) is 5.02 Å². The number of Topliss-reactive ketones (excluding diaryl/α,β-unsaturated/α-hetero) is 1. The van der Waals surface area contributed by atoms with Gasteiger partial charge in [-0.15, -0.1) is 0 Å². The average molecular weight is 480 g/mol. The number of β-lactam (4-membered cyclic amide) rings is 1. The molecule has 32 heavy (non-hydrogen) atoms. The lowest BCUT2D eigenvalue weighted by Gasteiger charge is -2.44. The van der Waals surface area contributed by atoms with Crippen LogP contribution in [0.4, 0.5) is 0 Å². The first-order valence-corrected chi connectivity index (χ1v) is 11.7. The lowest BCUT2D eigenvalue weighted by Crippen LogP contribution is -2.67. The van der Waals surface area contributed by atoms with Crippen molar-refractivity contribution < 1.29 is 32.2 Å². The van der Waals surface area contributed by atoms with E-state index >= 15 is 0 Å². The molecule has 170 valence electrons. The van der Waals surface area contributed by atoms with Gasteiger partial charge in [0.1, 0.15) is 22.1 Å². The zero-order valence-electron chi connectivity index (χ0n) is 17.8. The predicted octanol–water partition coefficient (Wildman–Crippen LogP) is 2.51. The fourth-order valence-electron chi connectivity index (χ4n) is 4.48. The molecule has 2 aliphatic heterocycles. The zero-order chi connectivity index (χ0) is 23.3. The number of carbonyl (C=O) groups is 2. The van der Waals surface area contributed by atoms with Crippen molar-refractivity contribution in [2.45, 2.75) is 22.6 Å². The van der Waals surface area contributed by atoms with Gasteiger partial charge in [-0.2, -0.15) is 0 Å². The van der Waals surface area contributed by atoms with E-state index in [1.165, 1.54) is 33.5 Å². The Labute approximate surface area is 190 Å². The molecule has 0 aliphatic carbocycles. The number of ketones is 1. The average Bonchev–Trinajstić information content (AvgIpc) is 3.01. The molecule has 4 rings (SSSR count). The zero-order valence-corrected chi connectivity index (χ0v) is 19.3. The quantitative estimate of drug-likeness (QED) is 0.562. The van der Waals surface area contributed by atoms with Crippen LogP contribution in [0, 0.1) is 5.92 Å². The van der Waals surface area contributed by atoms with Crippen LogP contribution in [0.15, 0.2) is 41.3 Å². The monoisotopic (exact) mass is 479 g/mol. The molecule has 2 aromatic carbocycles. The molecule has 1 amide bonds. The molecule has 2 unspecified atom stereocenters. The van der Waals surface area contributed by atoms with Crippen LogP contribution in [0.25, 0.3) is 0 Å². The number of fused-ring (bicyclic) bond motifs is 1. The van der Waals surface area contributed by atoms with E-state index in [9.17, 15) is 18.0 Å². The Morgan fingerprint density at radius 2 is 1.72 bits per heavy atom. The second-order valence-electron chi connectivity index (χ2n) is 7.71. The van der Waals surface area contributed by atoms with Gasteiger partial charge in [0.15, 0.2) is 5.78 Å². The summed E-state index contributed by atoms with van der Waals surface area (Å²) < 4.78 is 43.4. The Morgan fingerprint density at radius 3 is 2.34 bits per heavy atom. The number of ether oxygens (including phenoxy) is 3. The highest BCUT2D eigenvalue weighted by Gasteiger charge is 2.71. The summed E-state index contributed by atoms with van der Waals surface area (Å²) in [5, 5.41) is 0.467. The molecule has 2 fully saturated rings. The molecule has 2 aliphatic rings. The number of halogens is 1. The topological polar surface area (TPSA) is 99.2 Å². The molecule has 0 bridgehead atoms. The van der Waals surface area contributed by atoms with Gasteiger partial charge >= 0.3 is 0 Å². The maximum Gasteiger partial charge on any atom is 0.228 e. The molecule has 0 radical (unpaired) electrons. The largest absolute Gasteiger partial charge is 0.497 e. The van der Waals surface area contributed by atoms with E-state index in [0.29, 0.717) is 22.1 Å². The molecule has 2 heterocycles. The Morgan fingerprint density at radius 1 is 1.03 bits per heavy atom. The number of hydrogen-bond donors (Lipinski definition) is 0. The predicted molar refractivity (Wildman–Crippen MR) is 116 cm³/mol. The van der Waals surface area contributed by atoms with Crippen LogP contribution >= 0.6 is 11.6 Å². The number of hydrogen-bond acceptors (Lipinski definition) is 7. The lowest BCUT2D eigenvalue weighted by molar-refractivity contribution is -0.150. The number of benzene rings is 2. The van der Waals surface area contributed by atoms with Gasteiger partial charge in [0.25, 0.3) is 0 Å². The molecular weight excluding hydrogens is 458 g/mol. The van der Waals surface area contributed by atoms with Crippen molar-refractivity contribution in [3.63, 3.8) is 0 Å². The summed E-state index contributed by atoms with van der Waals surface area (Å²) in [6.07, 6.45) is -0.212. The van der Waals surface area contributed by atoms with E-state index in [4.69, 9.17) is 25.8 Å². The smallest absolute Gasteiger partial charge is 0.228 e. The summed E-state index contributed by atoms with van der Waals surface area (Å²) in [6.45, 7) is -0.00114. The van der Waals surface area contributed by atoms with E-state index in [1.54, 1.807) is 24.3 Å². The highest BCUT2D eigenvalue weighted by atomic mass is 35.5. The highest BCUT2D eigenvalue weighted by Crippen LogP contribution is 2.50. The Balaban J connectivity index is 1.76. The number of carbonyl (C=O) groups excluding carboxylic acids is 2. The van der Waals surface area contributed by atoms with Crippen molar-refractivity contribution >= 4 is 33.1 Å². The highest BCUT2D eigenvalue weighted by molar-refractivity contribution is 7.94. The number of amides is 1. The van der Waals surface area contributed by atoms with Crippen molar-refractivity contribution in [2.24, 2.45) is 5.92 Å². The van der Waals surface area contributed by atoms with Gasteiger partial charge in [0.2, 0.25) is 20.6 Å². The van der Waals surface area contributed by atoms with Gasteiger partial charge in [0, 0.05) is 23.6 Å². The van der Waals surface area contributed by atoms with Crippen LogP contribution < -0.4 is 14.2 Å². The summed E-state index contributed by atoms with van der Waals surface area (Å²) in [5.74, 6) is -0.724. The van der Waals surface area contributed by atoms with Crippen LogP contribution in [0.5, 0.6) is 17.2 Å². The number of rotatable bonds is 7. The SMILES string of the molecule is COc1ccc(OC)c(S(=O)(=O)C23CC(=O)N2CC(Cc2cc(Cl)ccc2OC)C3=O)c1. The minimum Gasteiger partial charge on any atom is -0.497 e. The van der Waals surface area contributed by atoms with Crippen LogP contribution in [0.1, 0.15) is 12.0 Å². The maximum absolute atomic E-state index is 13.8. The first-order valence-electron chi connectivity index (χ1n) is 9.83. The first kappa shape index (κ1) is 22.4. The number of methoxy groups -OCH3 is 3. The van der Waals surface area contributed by atoms with Crippen molar-refractivity contribution in [2.75, 3.05) is 27.9 Å². The Bertz CT molecular complexity index is 1210. The normalized spacial score (nSPS) is 22.4. The summed E-state index contributed by atoms with van der Waals surface area (Å²) in [5.41, 5.74) is 0.666. The van der Waals surface area contributed by atoms with Crippen molar-refractivity contribution in [1.82, 2.24) is 4.90 Å². The third-order valence-corrected chi connectivity index (χ3v) is 8.69. The van der Waals surface area contributed by atoms with Crippen molar-refractivity contribution in [1.29, 1.82) is 0 Å². The van der Waals surface area contributed by atoms with Crippen LogP contribution in [-0.4, -0.2) is 57.8 Å². The van der Waals surface area contributed by atoms with Gasteiger partial charge in [-0.25, -0.2) is 8.42 Å². The fraction of sp³-hybridized carbons (Fsp3) is 0.364. The first-order chi connectivity index (χ1) is 15.2. The molecule has 0 aromatic heterocycles. The third kappa shape index (κ3) is 3.14.